The molecule has 134 valence electrons. The van der Waals surface area contributed by atoms with Crippen molar-refractivity contribution in [2.45, 2.75) is 13.3 Å². The van der Waals surface area contributed by atoms with E-state index >= 15 is 0 Å². The van der Waals surface area contributed by atoms with Gasteiger partial charge in [0.15, 0.2) is 5.76 Å². The third kappa shape index (κ3) is 3.62. The van der Waals surface area contributed by atoms with Crippen LogP contribution in [-0.2, 0) is 6.42 Å². The molecule has 2 aromatic heterocycles. The minimum absolute atomic E-state index is 0.0491. The van der Waals surface area contributed by atoms with Gasteiger partial charge in [0, 0.05) is 44.1 Å². The van der Waals surface area contributed by atoms with E-state index in [9.17, 15) is 4.79 Å². The first-order valence-corrected chi connectivity index (χ1v) is 9.42. The summed E-state index contributed by atoms with van der Waals surface area (Å²) in [5.41, 5.74) is 2.47. The van der Waals surface area contributed by atoms with Gasteiger partial charge < -0.3 is 14.2 Å². The van der Waals surface area contributed by atoms with Crippen molar-refractivity contribution in [2.24, 2.45) is 0 Å². The lowest BCUT2D eigenvalue weighted by atomic mass is 10.1. The Hall–Kier alpha value is -2.67. The normalized spacial score (nSPS) is 14.7. The zero-order valence-electron chi connectivity index (χ0n) is 14.6. The molecule has 0 N–H and O–H groups in total. The molecule has 6 nitrogen and oxygen atoms in total. The van der Waals surface area contributed by atoms with Crippen LogP contribution in [0.2, 0.25) is 0 Å². The highest BCUT2D eigenvalue weighted by Gasteiger charge is 2.25. The highest BCUT2D eigenvalue weighted by Crippen LogP contribution is 2.21. The number of hydrogen-bond donors (Lipinski definition) is 0. The van der Waals surface area contributed by atoms with Crippen molar-refractivity contribution >= 4 is 22.6 Å². The maximum atomic E-state index is 12.3. The molecule has 1 saturated heterocycles. The number of rotatable bonds is 4. The molecule has 0 bridgehead atoms. The maximum absolute atomic E-state index is 12.3. The molecule has 7 heteroatoms. The van der Waals surface area contributed by atoms with Gasteiger partial charge in [-0.3, -0.25) is 4.79 Å². The molecule has 3 heterocycles. The largest absolute Gasteiger partial charge is 0.459 e. The monoisotopic (exact) mass is 368 g/mol. The molecule has 1 fully saturated rings. The summed E-state index contributed by atoms with van der Waals surface area (Å²) < 4.78 is 9.70. The van der Waals surface area contributed by atoms with Gasteiger partial charge in [0.2, 0.25) is 5.13 Å². The number of aromatic nitrogens is 2. The van der Waals surface area contributed by atoms with Crippen LogP contribution in [0.3, 0.4) is 0 Å². The van der Waals surface area contributed by atoms with E-state index in [1.54, 1.807) is 12.1 Å². The number of hydrogen-bond acceptors (Lipinski definition) is 6. The maximum Gasteiger partial charge on any atom is 0.289 e. The molecule has 1 aliphatic rings. The fourth-order valence-electron chi connectivity index (χ4n) is 2.99. The third-order valence-electron chi connectivity index (χ3n) is 4.51. The number of aryl methyl sites for hydroxylation is 1. The van der Waals surface area contributed by atoms with Crippen LogP contribution in [0.25, 0.3) is 0 Å². The highest BCUT2D eigenvalue weighted by molar-refractivity contribution is 7.09. The molecule has 1 amide bonds. The summed E-state index contributed by atoms with van der Waals surface area (Å²) in [5.74, 6) is 1.20. The van der Waals surface area contributed by atoms with Crippen LogP contribution in [-0.4, -0.2) is 46.3 Å². The van der Waals surface area contributed by atoms with Crippen molar-refractivity contribution < 1.29 is 9.21 Å². The third-order valence-corrected chi connectivity index (χ3v) is 5.32. The second kappa shape index (κ2) is 7.29. The van der Waals surface area contributed by atoms with E-state index in [-0.39, 0.29) is 5.91 Å². The van der Waals surface area contributed by atoms with Crippen LogP contribution in [0.5, 0.6) is 0 Å². The second-order valence-corrected chi connectivity index (χ2v) is 7.14. The summed E-state index contributed by atoms with van der Waals surface area (Å²) in [6, 6.07) is 11.9. The van der Waals surface area contributed by atoms with E-state index in [1.807, 2.05) is 4.90 Å². The molecule has 1 aromatic carbocycles. The Balaban J connectivity index is 1.35. The van der Waals surface area contributed by atoms with Crippen molar-refractivity contribution in [2.75, 3.05) is 31.1 Å². The molecular weight excluding hydrogens is 348 g/mol. The van der Waals surface area contributed by atoms with E-state index < -0.39 is 0 Å². The SMILES string of the molecule is Cc1ccc(Cc2nsc(N3CCN(C(=O)c4ccco4)CC3)n2)cc1. The smallest absolute Gasteiger partial charge is 0.289 e. The molecule has 0 saturated carbocycles. The Kier molecular flexibility index (Phi) is 4.71. The number of benzene rings is 1. The Labute approximate surface area is 156 Å². The summed E-state index contributed by atoms with van der Waals surface area (Å²) in [4.78, 5) is 21.0. The molecule has 0 unspecified atom stereocenters. The second-order valence-electron chi connectivity index (χ2n) is 6.41. The van der Waals surface area contributed by atoms with Crippen LogP contribution in [0.1, 0.15) is 27.5 Å². The quantitative estimate of drug-likeness (QED) is 0.708. The Morgan fingerprint density at radius 1 is 1.15 bits per heavy atom. The Morgan fingerprint density at radius 2 is 1.92 bits per heavy atom. The standard InChI is InChI=1S/C19H20N4O2S/c1-14-4-6-15(7-5-14)13-17-20-19(26-21-17)23-10-8-22(9-11-23)18(24)16-3-2-12-25-16/h2-7,12H,8-11,13H2,1H3. The minimum atomic E-state index is -0.0491. The molecule has 3 aromatic rings. The highest BCUT2D eigenvalue weighted by atomic mass is 32.1. The van der Waals surface area contributed by atoms with Gasteiger partial charge in [0.1, 0.15) is 5.82 Å². The molecular formula is C19H20N4O2S. The zero-order chi connectivity index (χ0) is 17.9. The molecule has 26 heavy (non-hydrogen) atoms. The number of carbonyl (C=O) groups is 1. The van der Waals surface area contributed by atoms with Crippen molar-refractivity contribution in [1.82, 2.24) is 14.3 Å². The van der Waals surface area contributed by atoms with E-state index in [0.29, 0.717) is 18.8 Å². The Bertz CT molecular complexity index is 865. The summed E-state index contributed by atoms with van der Waals surface area (Å²) >= 11 is 1.43. The molecule has 0 aliphatic carbocycles. The van der Waals surface area contributed by atoms with Crippen molar-refractivity contribution in [3.8, 4) is 0 Å². The van der Waals surface area contributed by atoms with Crippen molar-refractivity contribution in [3.63, 3.8) is 0 Å². The van der Waals surface area contributed by atoms with E-state index in [2.05, 4.69) is 45.4 Å². The van der Waals surface area contributed by atoms with Gasteiger partial charge >= 0.3 is 0 Å². The Morgan fingerprint density at radius 3 is 2.62 bits per heavy atom. The first-order valence-electron chi connectivity index (χ1n) is 8.65. The van der Waals surface area contributed by atoms with Crippen LogP contribution >= 0.6 is 11.5 Å². The predicted molar refractivity (Wildman–Crippen MR) is 101 cm³/mol. The van der Waals surface area contributed by atoms with Crippen LogP contribution in [0, 0.1) is 6.92 Å². The summed E-state index contributed by atoms with van der Waals surface area (Å²) in [6.45, 7) is 4.91. The molecule has 1 aliphatic heterocycles. The van der Waals surface area contributed by atoms with Gasteiger partial charge in [0.25, 0.3) is 5.91 Å². The molecule has 0 atom stereocenters. The first kappa shape index (κ1) is 16.8. The number of anilines is 1. The van der Waals surface area contributed by atoms with Crippen LogP contribution in [0.15, 0.2) is 47.1 Å². The van der Waals surface area contributed by atoms with Crippen molar-refractivity contribution in [3.05, 3.63) is 65.4 Å². The zero-order valence-corrected chi connectivity index (χ0v) is 15.4. The lowest BCUT2D eigenvalue weighted by Gasteiger charge is -2.33. The number of furan rings is 1. The fraction of sp³-hybridized carbons (Fsp3) is 0.316. The van der Waals surface area contributed by atoms with Gasteiger partial charge in [-0.1, -0.05) is 29.8 Å². The fourth-order valence-corrected chi connectivity index (χ4v) is 3.73. The van der Waals surface area contributed by atoms with Gasteiger partial charge in [-0.05, 0) is 24.6 Å². The minimum Gasteiger partial charge on any atom is -0.459 e. The summed E-state index contributed by atoms with van der Waals surface area (Å²) in [5, 5.41) is 0.928. The van der Waals surface area contributed by atoms with Gasteiger partial charge in [-0.15, -0.1) is 0 Å². The van der Waals surface area contributed by atoms with E-state index in [1.165, 1.54) is 28.9 Å². The average Bonchev–Trinajstić information content (AvgIpc) is 3.35. The lowest BCUT2D eigenvalue weighted by molar-refractivity contribution is 0.0714. The number of piperazine rings is 1. The lowest BCUT2D eigenvalue weighted by Crippen LogP contribution is -2.48. The van der Waals surface area contributed by atoms with Gasteiger partial charge in [-0.25, -0.2) is 4.98 Å². The number of amides is 1. The summed E-state index contributed by atoms with van der Waals surface area (Å²) in [6.07, 6.45) is 2.27. The molecule has 4 rings (SSSR count). The van der Waals surface area contributed by atoms with Crippen LogP contribution < -0.4 is 4.90 Å². The van der Waals surface area contributed by atoms with Gasteiger partial charge in [-0.2, -0.15) is 4.37 Å². The number of carbonyl (C=O) groups excluding carboxylic acids is 1. The van der Waals surface area contributed by atoms with E-state index in [0.717, 1.165) is 30.5 Å². The topological polar surface area (TPSA) is 62.5 Å². The molecule has 0 spiro atoms. The number of nitrogens with zero attached hydrogens (tertiary/aromatic N) is 4. The molecule has 0 radical (unpaired) electrons. The predicted octanol–water partition coefficient (Wildman–Crippen LogP) is 2.99. The van der Waals surface area contributed by atoms with E-state index in [4.69, 9.17) is 4.42 Å². The first-order chi connectivity index (χ1) is 12.7. The summed E-state index contributed by atoms with van der Waals surface area (Å²) in [7, 11) is 0. The van der Waals surface area contributed by atoms with Crippen LogP contribution in [0.4, 0.5) is 5.13 Å². The van der Waals surface area contributed by atoms with Crippen molar-refractivity contribution in [1.29, 1.82) is 0 Å². The van der Waals surface area contributed by atoms with Gasteiger partial charge in [0.05, 0.1) is 6.26 Å². The average molecular weight is 368 g/mol.